The molecule has 0 saturated carbocycles. The van der Waals surface area contributed by atoms with E-state index in [-0.39, 0.29) is 17.4 Å². The smallest absolute Gasteiger partial charge is 0.237 e. The van der Waals surface area contributed by atoms with Crippen LogP contribution in [0.2, 0.25) is 0 Å². The van der Waals surface area contributed by atoms with Crippen LogP contribution in [0.25, 0.3) is 0 Å². The summed E-state index contributed by atoms with van der Waals surface area (Å²) >= 11 is 1.67. The van der Waals surface area contributed by atoms with Crippen LogP contribution in [0, 0.1) is 5.41 Å². The first-order valence-electron chi connectivity index (χ1n) is 6.78. The molecule has 0 radical (unpaired) electrons. The van der Waals surface area contributed by atoms with Gasteiger partial charge < -0.3 is 11.1 Å². The minimum atomic E-state index is -0.0756. The third-order valence-corrected chi connectivity index (χ3v) is 4.90. The van der Waals surface area contributed by atoms with E-state index in [0.717, 1.165) is 19.5 Å². The topological polar surface area (TPSA) is 58.4 Å². The normalized spacial score (nSPS) is 25.4. The Labute approximate surface area is 119 Å². The number of likely N-dealkylation sites (tertiary alicyclic amines) is 1. The lowest BCUT2D eigenvalue weighted by molar-refractivity contribution is -0.125. The van der Waals surface area contributed by atoms with E-state index in [0.29, 0.717) is 13.1 Å². The number of hydrogen-bond donors (Lipinski definition) is 2. The molecule has 0 aliphatic carbocycles. The maximum Gasteiger partial charge on any atom is 0.237 e. The zero-order valence-electron chi connectivity index (χ0n) is 11.7. The largest absolute Gasteiger partial charge is 0.350 e. The SMILES string of the molecule is CC(C(=O)NCc1cccs1)N1CCC(C)(CN)C1. The molecule has 19 heavy (non-hydrogen) atoms. The van der Waals surface area contributed by atoms with E-state index >= 15 is 0 Å². The average molecular weight is 281 g/mol. The molecule has 1 aromatic heterocycles. The molecule has 2 heterocycles. The Hall–Kier alpha value is -0.910. The minimum Gasteiger partial charge on any atom is -0.350 e. The number of hydrogen-bond acceptors (Lipinski definition) is 4. The summed E-state index contributed by atoms with van der Waals surface area (Å²) in [4.78, 5) is 15.6. The molecule has 2 rings (SSSR count). The molecule has 2 unspecified atom stereocenters. The summed E-state index contributed by atoms with van der Waals surface area (Å²) in [5, 5.41) is 5.03. The third kappa shape index (κ3) is 3.55. The first kappa shape index (κ1) is 14.5. The number of nitrogens with two attached hydrogens (primary N) is 1. The van der Waals surface area contributed by atoms with Gasteiger partial charge in [-0.3, -0.25) is 9.69 Å². The summed E-state index contributed by atoms with van der Waals surface area (Å²) in [5.74, 6) is 0.106. The lowest BCUT2D eigenvalue weighted by Gasteiger charge is -2.26. The van der Waals surface area contributed by atoms with Crippen molar-refractivity contribution >= 4 is 17.2 Å². The van der Waals surface area contributed by atoms with Gasteiger partial charge in [0.2, 0.25) is 5.91 Å². The number of carbonyl (C=O) groups excluding carboxylic acids is 1. The van der Waals surface area contributed by atoms with Crippen molar-refractivity contribution in [3.05, 3.63) is 22.4 Å². The summed E-state index contributed by atoms with van der Waals surface area (Å²) in [5.41, 5.74) is 5.97. The van der Waals surface area contributed by atoms with Gasteiger partial charge in [-0.25, -0.2) is 0 Å². The van der Waals surface area contributed by atoms with Gasteiger partial charge in [-0.1, -0.05) is 13.0 Å². The molecule has 1 aliphatic heterocycles. The van der Waals surface area contributed by atoms with E-state index in [4.69, 9.17) is 5.73 Å². The van der Waals surface area contributed by atoms with Crippen LogP contribution in [0.1, 0.15) is 25.1 Å². The molecule has 106 valence electrons. The number of rotatable bonds is 5. The lowest BCUT2D eigenvalue weighted by atomic mass is 9.90. The predicted molar refractivity (Wildman–Crippen MR) is 79.0 cm³/mol. The van der Waals surface area contributed by atoms with E-state index in [9.17, 15) is 4.79 Å². The molecule has 1 aromatic rings. The molecule has 0 bridgehead atoms. The van der Waals surface area contributed by atoms with Gasteiger partial charge in [-0.15, -0.1) is 11.3 Å². The molecule has 4 nitrogen and oxygen atoms in total. The van der Waals surface area contributed by atoms with Gasteiger partial charge in [0.05, 0.1) is 12.6 Å². The molecule has 0 aromatic carbocycles. The summed E-state index contributed by atoms with van der Waals surface area (Å²) in [6.07, 6.45) is 1.08. The lowest BCUT2D eigenvalue weighted by Crippen LogP contribution is -2.45. The standard InChI is InChI=1S/C14H23N3OS/c1-11(17-6-5-14(2,9-15)10-17)13(18)16-8-12-4-3-7-19-12/h3-4,7,11H,5-6,8-10,15H2,1-2H3,(H,16,18). The highest BCUT2D eigenvalue weighted by Gasteiger charge is 2.36. The van der Waals surface area contributed by atoms with Crippen molar-refractivity contribution in [1.29, 1.82) is 0 Å². The first-order valence-corrected chi connectivity index (χ1v) is 7.66. The van der Waals surface area contributed by atoms with Gasteiger partial charge in [0.1, 0.15) is 0 Å². The van der Waals surface area contributed by atoms with Crippen LogP contribution in [0.3, 0.4) is 0 Å². The van der Waals surface area contributed by atoms with Gasteiger partial charge in [0.15, 0.2) is 0 Å². The van der Waals surface area contributed by atoms with Crippen LogP contribution >= 0.6 is 11.3 Å². The van der Waals surface area contributed by atoms with Crippen molar-refractivity contribution in [3.8, 4) is 0 Å². The molecular weight excluding hydrogens is 258 g/mol. The second-order valence-corrected chi connectivity index (χ2v) is 6.74. The van der Waals surface area contributed by atoms with Crippen molar-refractivity contribution in [2.45, 2.75) is 32.9 Å². The fraction of sp³-hybridized carbons (Fsp3) is 0.643. The third-order valence-electron chi connectivity index (χ3n) is 4.02. The van der Waals surface area contributed by atoms with E-state index in [2.05, 4.69) is 17.1 Å². The van der Waals surface area contributed by atoms with Crippen LogP contribution < -0.4 is 11.1 Å². The van der Waals surface area contributed by atoms with Gasteiger partial charge >= 0.3 is 0 Å². The highest BCUT2D eigenvalue weighted by molar-refractivity contribution is 7.09. The fourth-order valence-corrected chi connectivity index (χ4v) is 3.10. The number of nitrogens with one attached hydrogen (secondary N) is 1. The van der Waals surface area contributed by atoms with Crippen molar-refractivity contribution in [1.82, 2.24) is 10.2 Å². The summed E-state index contributed by atoms with van der Waals surface area (Å²) < 4.78 is 0. The van der Waals surface area contributed by atoms with Crippen LogP contribution in [0.5, 0.6) is 0 Å². The van der Waals surface area contributed by atoms with E-state index in [1.54, 1.807) is 11.3 Å². The highest BCUT2D eigenvalue weighted by atomic mass is 32.1. The van der Waals surface area contributed by atoms with Crippen LogP contribution in [-0.2, 0) is 11.3 Å². The summed E-state index contributed by atoms with van der Waals surface area (Å²) in [7, 11) is 0. The molecule has 1 saturated heterocycles. The molecule has 2 atom stereocenters. The van der Waals surface area contributed by atoms with Gasteiger partial charge in [0, 0.05) is 11.4 Å². The van der Waals surface area contributed by atoms with Gasteiger partial charge in [-0.05, 0) is 43.3 Å². The quantitative estimate of drug-likeness (QED) is 0.858. The van der Waals surface area contributed by atoms with E-state index < -0.39 is 0 Å². The minimum absolute atomic E-state index is 0.0756. The maximum absolute atomic E-state index is 12.1. The molecule has 0 spiro atoms. The van der Waals surface area contributed by atoms with Gasteiger partial charge in [-0.2, -0.15) is 0 Å². The van der Waals surface area contributed by atoms with Crippen LogP contribution in [-0.4, -0.2) is 36.5 Å². The Kier molecular flexibility index (Phi) is 4.60. The second-order valence-electron chi connectivity index (χ2n) is 5.71. The molecule has 1 aliphatic rings. The number of nitrogens with zero attached hydrogens (tertiary/aromatic N) is 1. The highest BCUT2D eigenvalue weighted by Crippen LogP contribution is 2.29. The van der Waals surface area contributed by atoms with Crippen LogP contribution in [0.15, 0.2) is 17.5 Å². The number of amides is 1. The summed E-state index contributed by atoms with van der Waals surface area (Å²) in [6, 6.07) is 3.97. The maximum atomic E-state index is 12.1. The Bertz CT molecular complexity index is 420. The van der Waals surface area contributed by atoms with Crippen molar-refractivity contribution < 1.29 is 4.79 Å². The Balaban J connectivity index is 1.83. The Morgan fingerprint density at radius 2 is 2.47 bits per heavy atom. The zero-order valence-corrected chi connectivity index (χ0v) is 12.5. The average Bonchev–Trinajstić information content (AvgIpc) is 3.05. The molecule has 3 N–H and O–H groups in total. The Morgan fingerprint density at radius 3 is 3.05 bits per heavy atom. The van der Waals surface area contributed by atoms with Gasteiger partial charge in [0.25, 0.3) is 0 Å². The van der Waals surface area contributed by atoms with Crippen molar-refractivity contribution in [3.63, 3.8) is 0 Å². The van der Waals surface area contributed by atoms with Crippen LogP contribution in [0.4, 0.5) is 0 Å². The first-order chi connectivity index (χ1) is 9.04. The molecular formula is C14H23N3OS. The zero-order chi connectivity index (χ0) is 13.9. The van der Waals surface area contributed by atoms with E-state index in [1.165, 1.54) is 4.88 Å². The summed E-state index contributed by atoms with van der Waals surface area (Å²) in [6.45, 7) is 7.36. The monoisotopic (exact) mass is 281 g/mol. The number of thiophene rings is 1. The number of carbonyl (C=O) groups is 1. The van der Waals surface area contributed by atoms with Crippen molar-refractivity contribution in [2.24, 2.45) is 11.1 Å². The van der Waals surface area contributed by atoms with Crippen molar-refractivity contribution in [2.75, 3.05) is 19.6 Å². The molecule has 1 fully saturated rings. The predicted octanol–water partition coefficient (Wildman–Crippen LogP) is 1.42. The Morgan fingerprint density at radius 1 is 1.68 bits per heavy atom. The molecule has 1 amide bonds. The second kappa shape index (κ2) is 6.03. The fourth-order valence-electron chi connectivity index (χ4n) is 2.46. The van der Waals surface area contributed by atoms with E-state index in [1.807, 2.05) is 24.4 Å². The molecule has 5 heteroatoms.